The number of fused-ring (bicyclic) bond motifs is 12. The zero-order valence-electron chi connectivity index (χ0n) is 79.0. The summed E-state index contributed by atoms with van der Waals surface area (Å²) in [5, 5.41) is 8.56. The van der Waals surface area contributed by atoms with Gasteiger partial charge in [0.25, 0.3) is 0 Å². The smallest absolute Gasteiger partial charge is 0.227 e. The van der Waals surface area contributed by atoms with Crippen molar-refractivity contribution in [3.05, 3.63) is 236 Å². The number of hydrogen-bond acceptors (Lipinski definition) is 8. The van der Waals surface area contributed by atoms with Gasteiger partial charge in [-0.25, -0.2) is 38.2 Å². The van der Waals surface area contributed by atoms with Gasteiger partial charge in [0.1, 0.15) is 28.2 Å². The number of benzene rings is 4. The van der Waals surface area contributed by atoms with Gasteiger partial charge in [-0.2, -0.15) is 0 Å². The van der Waals surface area contributed by atoms with Gasteiger partial charge in [0, 0.05) is 118 Å². The molecule has 0 spiro atoms. The van der Waals surface area contributed by atoms with Crippen LogP contribution >= 0.6 is 0 Å². The van der Waals surface area contributed by atoms with Crippen LogP contribution in [0.5, 0.6) is 0 Å². The maximum Gasteiger partial charge on any atom is 0.227 e. The Morgan fingerprint density at radius 2 is 0.556 bits per heavy atom. The fourth-order valence-electron chi connectivity index (χ4n) is 16.8. The first-order chi connectivity index (χ1) is 56.9. The molecule has 12 heterocycles. The monoisotopic (exact) mass is 1570 g/mol. The predicted octanol–water partition coefficient (Wildman–Crippen LogP) is 26.9. The largest absolute Gasteiger partial charge is 0.437 e. The maximum atomic E-state index is 8.74. The van der Waals surface area contributed by atoms with Gasteiger partial charge in [-0.05, 0) is 193 Å². The highest BCUT2D eigenvalue weighted by molar-refractivity contribution is 6.12. The van der Waals surface area contributed by atoms with Gasteiger partial charge in [0.15, 0.2) is 47.1 Å². The molecule has 16 rings (SSSR count). The lowest BCUT2D eigenvalue weighted by molar-refractivity contribution is -0.661. The van der Waals surface area contributed by atoms with Crippen molar-refractivity contribution in [1.29, 1.82) is 0 Å². The molecule has 12 heteroatoms. The van der Waals surface area contributed by atoms with E-state index in [4.69, 9.17) is 43.1 Å². The van der Waals surface area contributed by atoms with Crippen LogP contribution in [0.2, 0.25) is 0 Å². The van der Waals surface area contributed by atoms with Crippen LogP contribution in [0.1, 0.15) is 294 Å². The van der Waals surface area contributed by atoms with Gasteiger partial charge in [0.05, 0.1) is 22.3 Å². The summed E-state index contributed by atoms with van der Waals surface area (Å²) in [5.74, 6) is 1.32. The van der Waals surface area contributed by atoms with Crippen LogP contribution in [0, 0.1) is 27.7 Å². The van der Waals surface area contributed by atoms with E-state index in [1.807, 2.05) is 44.6 Å². The second-order valence-electron chi connectivity index (χ2n) is 35.1. The summed E-state index contributed by atoms with van der Waals surface area (Å²) >= 11 is 0. The van der Waals surface area contributed by atoms with E-state index in [2.05, 4.69) is 300 Å². The average molecular weight is 1570 g/mol. The minimum atomic E-state index is -1.55. The lowest BCUT2D eigenvalue weighted by Gasteiger charge is -2.16. The van der Waals surface area contributed by atoms with E-state index in [0.717, 1.165) is 157 Å². The molecule has 0 bridgehead atoms. The van der Waals surface area contributed by atoms with Crippen molar-refractivity contribution in [3.63, 3.8) is 0 Å². The van der Waals surface area contributed by atoms with Crippen LogP contribution in [-0.4, -0.2) is 19.9 Å². The van der Waals surface area contributed by atoms with Crippen molar-refractivity contribution >= 4 is 88.3 Å². The first-order valence-corrected chi connectivity index (χ1v) is 42.4. The van der Waals surface area contributed by atoms with Crippen LogP contribution in [0.25, 0.3) is 133 Å². The first kappa shape index (κ1) is 78.8. The highest BCUT2D eigenvalue weighted by Gasteiger charge is 2.31. The molecule has 0 radical (unpaired) electrons. The second kappa shape index (κ2) is 34.1. The Morgan fingerprint density at radius 3 is 0.829 bits per heavy atom. The van der Waals surface area contributed by atoms with E-state index in [1.165, 1.54) is 55.9 Å². The van der Waals surface area contributed by atoms with Gasteiger partial charge in [-0.3, -0.25) is 0 Å². The summed E-state index contributed by atoms with van der Waals surface area (Å²) in [5.41, 5.74) is 32.9. The number of nitrogens with zero attached hydrogens (tertiary/aromatic N) is 8. The summed E-state index contributed by atoms with van der Waals surface area (Å²) in [6.45, 7) is 52.9. The molecule has 117 heavy (non-hydrogen) atoms. The lowest BCUT2D eigenvalue weighted by Crippen LogP contribution is -2.32. The zero-order valence-corrected chi connectivity index (χ0v) is 75.0. The molecule has 606 valence electrons. The molecule has 12 aromatic heterocycles. The quantitative estimate of drug-likeness (QED) is 0.0878. The summed E-state index contributed by atoms with van der Waals surface area (Å²) < 4.78 is 68.1. The minimum absolute atomic E-state index is 0.310. The Bertz CT molecular complexity index is 6670. The summed E-state index contributed by atoms with van der Waals surface area (Å²) in [6.07, 6.45) is 8.82. The Hall–Kier alpha value is -10.7. The van der Waals surface area contributed by atoms with Gasteiger partial charge in [0.2, 0.25) is 45.6 Å². The third kappa shape index (κ3) is 16.2. The van der Waals surface area contributed by atoms with E-state index < -0.39 is 18.2 Å². The molecule has 0 aliphatic carbocycles. The third-order valence-electron chi connectivity index (χ3n) is 23.7. The number of rotatable bonds is 16. The van der Waals surface area contributed by atoms with Crippen molar-refractivity contribution in [2.45, 2.75) is 246 Å². The molecular formula is C105H126N8O4+4. The SMILES string of the molecule is CCc1ccc2c(n1)oc1c(-c3cc(C(C)C)c(C(C)C)c[n+]3C)c(C)ccc12.Cc1ccc2c(oc3nc(C(C)C)ccc32)c1-c1cc(C(C)C)c(C(C)C)c[n+]1C.[2H]C(C)(C)c1cc(-c2c(C)ccc3c2oc2nc(CC)ccc23)[n+](C)cc1C(C)C.[2H]C([2H])(C)c1c[n+](C)c(-c2c(C)ccc3c2oc2nc(C(C)C)ccc23)cc1C([2H])(C)C. The van der Waals surface area contributed by atoms with Crippen LogP contribution in [0.3, 0.4) is 0 Å². The highest BCUT2D eigenvalue weighted by Crippen LogP contribution is 2.44. The summed E-state index contributed by atoms with van der Waals surface area (Å²) in [4.78, 5) is 19.0. The standard InChI is InChI=1S/C27H33N2O.3C26H31N2O/c1-15(2)21-13-24(29(8)14-22(21)16(3)4)25-18(7)9-10-19-20-11-12-23(17(5)6)28-27(20)30-26(19)25;2*1-8-18-10-12-20-19-11-9-17(6)24(25(19)29-26(20)27-18)23-13-21(15(2)3)22(16(4)5)14-28(23)7;1-8-18-14-28(7)23(13-21(18)15(2)3)24-17(6)9-10-19-20-11-12-22(16(4)5)27-26(20)29-25(19)24/h9-17H,1-8H3;3*9-16H,8H2,1-7H3/q4*+1/i;15D;;8D2,15D. The first-order valence-electron chi connectivity index (χ1n) is 44.4. The molecule has 0 fully saturated rings. The molecule has 16 aromatic rings. The van der Waals surface area contributed by atoms with Gasteiger partial charge in [-0.1, -0.05) is 194 Å². The molecule has 0 saturated heterocycles. The number of hydrogen-bond donors (Lipinski definition) is 0. The van der Waals surface area contributed by atoms with E-state index in [1.54, 1.807) is 20.8 Å². The van der Waals surface area contributed by atoms with E-state index in [9.17, 15) is 0 Å². The zero-order chi connectivity index (χ0) is 88.0. The minimum Gasteiger partial charge on any atom is -0.437 e. The number of aromatic nitrogens is 8. The van der Waals surface area contributed by atoms with Gasteiger partial charge >= 0.3 is 0 Å². The molecule has 0 amide bonds. The Morgan fingerprint density at radius 1 is 0.299 bits per heavy atom. The highest BCUT2D eigenvalue weighted by atomic mass is 16.4. The van der Waals surface area contributed by atoms with Crippen molar-refractivity contribution in [2.24, 2.45) is 28.2 Å². The molecule has 0 aliphatic rings. The molecule has 12 nitrogen and oxygen atoms in total. The van der Waals surface area contributed by atoms with Crippen LogP contribution < -0.4 is 18.3 Å². The van der Waals surface area contributed by atoms with Crippen LogP contribution in [-0.2, 0) is 47.4 Å². The van der Waals surface area contributed by atoms with Gasteiger partial charge in [-0.15, -0.1) is 0 Å². The van der Waals surface area contributed by atoms with Crippen molar-refractivity contribution in [1.82, 2.24) is 19.9 Å². The average Bonchev–Trinajstić information content (AvgIpc) is 1.67. The van der Waals surface area contributed by atoms with Crippen LogP contribution in [0.15, 0.2) is 164 Å². The second-order valence-corrected chi connectivity index (χ2v) is 35.1. The fraction of sp³-hybridized carbons (Fsp3) is 0.390. The molecule has 0 N–H and O–H groups in total. The van der Waals surface area contributed by atoms with Crippen molar-refractivity contribution in [2.75, 3.05) is 0 Å². The molecule has 0 unspecified atom stereocenters. The summed E-state index contributed by atoms with van der Waals surface area (Å²) in [7, 11) is 8.28. The predicted molar refractivity (Wildman–Crippen MR) is 486 cm³/mol. The number of aryl methyl sites for hydroxylation is 11. The third-order valence-corrected chi connectivity index (χ3v) is 23.7. The molecule has 0 aliphatic heterocycles. The number of furan rings is 4. The van der Waals surface area contributed by atoms with E-state index in [-0.39, 0.29) is 0 Å². The molecule has 0 atom stereocenters. The lowest BCUT2D eigenvalue weighted by atomic mass is 9.90. The Labute approximate surface area is 700 Å². The van der Waals surface area contributed by atoms with E-state index in [0.29, 0.717) is 64.0 Å². The maximum absolute atomic E-state index is 8.74. The van der Waals surface area contributed by atoms with Crippen molar-refractivity contribution < 1.29 is 41.4 Å². The normalized spacial score (nSPS) is 12.9. The Kier molecular flexibility index (Phi) is 22.9. The van der Waals surface area contributed by atoms with Gasteiger partial charge < -0.3 is 17.7 Å². The van der Waals surface area contributed by atoms with E-state index >= 15 is 0 Å². The number of pyridine rings is 8. The Balaban J connectivity index is 0.000000139. The van der Waals surface area contributed by atoms with Crippen LogP contribution in [0.4, 0.5) is 0 Å². The fourth-order valence-corrected chi connectivity index (χ4v) is 16.8. The topological polar surface area (TPSA) is 120 Å². The summed E-state index contributed by atoms with van der Waals surface area (Å²) in [6, 6.07) is 42.9. The molecular weight excluding hydrogens is 1440 g/mol. The molecule has 4 aromatic carbocycles. The van der Waals surface area contributed by atoms with Crippen molar-refractivity contribution in [3.8, 4) is 45.0 Å². The molecule has 0 saturated carbocycles.